The molecule has 19 heavy (non-hydrogen) atoms. The van der Waals surface area contributed by atoms with E-state index in [2.05, 4.69) is 5.32 Å². The van der Waals surface area contributed by atoms with Crippen molar-refractivity contribution in [2.75, 3.05) is 25.0 Å². The van der Waals surface area contributed by atoms with Gasteiger partial charge in [-0.25, -0.2) is 8.78 Å². The predicted molar refractivity (Wildman–Crippen MR) is 66.7 cm³/mol. The molecule has 1 saturated heterocycles. The molecular formula is C13H16F2N2O2. The van der Waals surface area contributed by atoms with Gasteiger partial charge in [-0.05, 0) is 31.5 Å². The number of aliphatic hydroxyl groups is 1. The number of likely N-dealkylation sites (tertiary alicyclic amines) is 1. The smallest absolute Gasteiger partial charge is 0.238 e. The number of carbonyl (C=O) groups is 1. The van der Waals surface area contributed by atoms with E-state index in [-0.39, 0.29) is 30.8 Å². The summed E-state index contributed by atoms with van der Waals surface area (Å²) in [5, 5.41) is 11.5. The summed E-state index contributed by atoms with van der Waals surface area (Å²) in [6.45, 7) is 0.852. The lowest BCUT2D eigenvalue weighted by atomic mass is 10.2. The van der Waals surface area contributed by atoms with Gasteiger partial charge in [0.1, 0.15) is 11.6 Å². The number of benzene rings is 1. The summed E-state index contributed by atoms with van der Waals surface area (Å²) < 4.78 is 26.1. The van der Waals surface area contributed by atoms with Crippen LogP contribution in [0.4, 0.5) is 14.5 Å². The van der Waals surface area contributed by atoms with Crippen LogP contribution in [0.2, 0.25) is 0 Å². The van der Waals surface area contributed by atoms with E-state index >= 15 is 0 Å². The number of amides is 1. The lowest BCUT2D eigenvalue weighted by Gasteiger charge is -2.21. The Morgan fingerprint density at radius 3 is 2.95 bits per heavy atom. The molecule has 0 aromatic heterocycles. The van der Waals surface area contributed by atoms with Crippen molar-refractivity contribution in [2.45, 2.75) is 18.9 Å². The minimum Gasteiger partial charge on any atom is -0.395 e. The quantitative estimate of drug-likeness (QED) is 0.868. The largest absolute Gasteiger partial charge is 0.395 e. The molecule has 1 aromatic carbocycles. The Balaban J connectivity index is 1.94. The van der Waals surface area contributed by atoms with Crippen LogP contribution < -0.4 is 5.32 Å². The van der Waals surface area contributed by atoms with Crippen LogP contribution in [-0.2, 0) is 4.79 Å². The molecule has 0 radical (unpaired) electrons. The number of nitrogens with zero attached hydrogens (tertiary/aromatic N) is 1. The fraction of sp³-hybridized carbons (Fsp3) is 0.462. The summed E-state index contributed by atoms with van der Waals surface area (Å²) in [6, 6.07) is 2.99. The predicted octanol–water partition coefficient (Wildman–Crippen LogP) is 1.36. The molecule has 0 aliphatic carbocycles. The number of hydrogen-bond acceptors (Lipinski definition) is 3. The Morgan fingerprint density at radius 1 is 1.47 bits per heavy atom. The van der Waals surface area contributed by atoms with E-state index in [1.807, 2.05) is 4.90 Å². The number of anilines is 1. The molecule has 2 N–H and O–H groups in total. The van der Waals surface area contributed by atoms with E-state index in [9.17, 15) is 13.6 Å². The molecule has 1 aliphatic rings. The summed E-state index contributed by atoms with van der Waals surface area (Å²) in [5.41, 5.74) is -0.0360. The van der Waals surface area contributed by atoms with E-state index in [1.54, 1.807) is 0 Å². The van der Waals surface area contributed by atoms with Crippen molar-refractivity contribution >= 4 is 11.6 Å². The first-order valence-corrected chi connectivity index (χ1v) is 6.20. The van der Waals surface area contributed by atoms with Gasteiger partial charge in [0, 0.05) is 12.1 Å². The summed E-state index contributed by atoms with van der Waals surface area (Å²) in [4.78, 5) is 13.6. The molecule has 1 amide bonds. The number of aliphatic hydroxyl groups excluding tert-OH is 1. The topological polar surface area (TPSA) is 52.6 Å². The van der Waals surface area contributed by atoms with Gasteiger partial charge in [-0.15, -0.1) is 0 Å². The maximum Gasteiger partial charge on any atom is 0.238 e. The maximum absolute atomic E-state index is 13.4. The maximum atomic E-state index is 13.4. The second kappa shape index (κ2) is 6.08. The molecule has 1 atom stereocenters. The molecule has 0 unspecified atom stereocenters. The van der Waals surface area contributed by atoms with Crippen LogP contribution in [-0.4, -0.2) is 41.7 Å². The molecule has 2 rings (SSSR count). The first kappa shape index (κ1) is 13.9. The van der Waals surface area contributed by atoms with Gasteiger partial charge in [0.15, 0.2) is 0 Å². The van der Waals surface area contributed by atoms with Crippen molar-refractivity contribution in [1.29, 1.82) is 0 Å². The van der Waals surface area contributed by atoms with Crippen molar-refractivity contribution in [3.63, 3.8) is 0 Å². The third kappa shape index (κ3) is 3.48. The average Bonchev–Trinajstić information content (AvgIpc) is 2.80. The highest BCUT2D eigenvalue weighted by atomic mass is 19.1. The molecule has 0 saturated carbocycles. The standard InChI is InChI=1S/C13H16F2N2O2/c14-9-3-4-12(11(15)6-9)16-13(19)7-17-5-1-2-10(17)8-18/h3-4,6,10,18H,1-2,5,7-8H2,(H,16,19)/t10-/m0/s1. The highest BCUT2D eigenvalue weighted by Gasteiger charge is 2.25. The van der Waals surface area contributed by atoms with Crippen LogP contribution in [0.1, 0.15) is 12.8 Å². The molecule has 6 heteroatoms. The molecule has 104 valence electrons. The van der Waals surface area contributed by atoms with Gasteiger partial charge >= 0.3 is 0 Å². The zero-order valence-corrected chi connectivity index (χ0v) is 10.4. The number of hydrogen-bond donors (Lipinski definition) is 2. The van der Waals surface area contributed by atoms with Gasteiger partial charge in [-0.1, -0.05) is 0 Å². The fourth-order valence-corrected chi connectivity index (χ4v) is 2.28. The Kier molecular flexibility index (Phi) is 4.44. The second-order valence-electron chi connectivity index (χ2n) is 4.62. The van der Waals surface area contributed by atoms with Crippen LogP contribution >= 0.6 is 0 Å². The Bertz CT molecular complexity index is 468. The Labute approximate surface area is 110 Å². The van der Waals surface area contributed by atoms with E-state index in [0.29, 0.717) is 0 Å². The normalized spacial score (nSPS) is 19.6. The molecule has 1 heterocycles. The number of carbonyl (C=O) groups excluding carboxylic acids is 1. The van der Waals surface area contributed by atoms with Crippen LogP contribution in [0.5, 0.6) is 0 Å². The summed E-state index contributed by atoms with van der Waals surface area (Å²) in [5.74, 6) is -1.85. The summed E-state index contributed by atoms with van der Waals surface area (Å²) in [6.07, 6.45) is 1.79. The van der Waals surface area contributed by atoms with Crippen LogP contribution in [0.25, 0.3) is 0 Å². The van der Waals surface area contributed by atoms with Gasteiger partial charge in [-0.2, -0.15) is 0 Å². The monoisotopic (exact) mass is 270 g/mol. The van der Waals surface area contributed by atoms with E-state index in [4.69, 9.17) is 5.11 Å². The highest BCUT2D eigenvalue weighted by molar-refractivity contribution is 5.92. The molecule has 1 aromatic rings. The lowest BCUT2D eigenvalue weighted by Crippen LogP contribution is -2.38. The average molecular weight is 270 g/mol. The minimum atomic E-state index is -0.798. The zero-order valence-electron chi connectivity index (χ0n) is 10.4. The van der Waals surface area contributed by atoms with Crippen LogP contribution in [0.15, 0.2) is 18.2 Å². The van der Waals surface area contributed by atoms with Crippen LogP contribution in [0, 0.1) is 11.6 Å². The Hall–Kier alpha value is -1.53. The number of nitrogens with one attached hydrogen (secondary N) is 1. The van der Waals surface area contributed by atoms with Crippen molar-refractivity contribution in [3.8, 4) is 0 Å². The molecule has 1 aliphatic heterocycles. The first-order chi connectivity index (χ1) is 9.10. The lowest BCUT2D eigenvalue weighted by molar-refractivity contribution is -0.117. The van der Waals surface area contributed by atoms with Crippen molar-refractivity contribution in [2.24, 2.45) is 0 Å². The fourth-order valence-electron chi connectivity index (χ4n) is 2.28. The molecule has 0 spiro atoms. The molecule has 4 nitrogen and oxygen atoms in total. The minimum absolute atomic E-state index is 0.0104. The third-order valence-corrected chi connectivity index (χ3v) is 3.26. The second-order valence-corrected chi connectivity index (χ2v) is 4.62. The summed E-state index contributed by atoms with van der Waals surface area (Å²) >= 11 is 0. The van der Waals surface area contributed by atoms with Crippen LogP contribution in [0.3, 0.4) is 0 Å². The molecule has 0 bridgehead atoms. The van der Waals surface area contributed by atoms with E-state index < -0.39 is 11.6 Å². The summed E-state index contributed by atoms with van der Waals surface area (Å²) in [7, 11) is 0. The number of halogens is 2. The van der Waals surface area contributed by atoms with Gasteiger partial charge in [0.05, 0.1) is 18.8 Å². The third-order valence-electron chi connectivity index (χ3n) is 3.26. The van der Waals surface area contributed by atoms with Gasteiger partial charge < -0.3 is 10.4 Å². The molecular weight excluding hydrogens is 254 g/mol. The SMILES string of the molecule is O=C(CN1CCC[C@H]1CO)Nc1ccc(F)cc1F. The van der Waals surface area contributed by atoms with Crippen molar-refractivity contribution in [3.05, 3.63) is 29.8 Å². The number of rotatable bonds is 4. The van der Waals surface area contributed by atoms with E-state index in [1.165, 1.54) is 6.07 Å². The van der Waals surface area contributed by atoms with Gasteiger partial charge in [0.25, 0.3) is 0 Å². The highest BCUT2D eigenvalue weighted by Crippen LogP contribution is 2.18. The van der Waals surface area contributed by atoms with E-state index in [0.717, 1.165) is 31.5 Å². The van der Waals surface area contributed by atoms with Gasteiger partial charge in [0.2, 0.25) is 5.91 Å². The molecule has 1 fully saturated rings. The zero-order chi connectivity index (χ0) is 13.8. The van der Waals surface area contributed by atoms with Crippen molar-refractivity contribution < 1.29 is 18.7 Å². The van der Waals surface area contributed by atoms with Crippen molar-refractivity contribution in [1.82, 2.24) is 4.90 Å². The Morgan fingerprint density at radius 2 is 2.26 bits per heavy atom. The van der Waals surface area contributed by atoms with Gasteiger partial charge in [-0.3, -0.25) is 9.69 Å². The first-order valence-electron chi connectivity index (χ1n) is 6.20.